The lowest BCUT2D eigenvalue weighted by atomic mass is 10.0. The van der Waals surface area contributed by atoms with E-state index in [0.717, 1.165) is 27.9 Å². The van der Waals surface area contributed by atoms with E-state index in [4.69, 9.17) is 4.98 Å². The summed E-state index contributed by atoms with van der Waals surface area (Å²) >= 11 is 0. The van der Waals surface area contributed by atoms with Gasteiger partial charge in [-0.2, -0.15) is 0 Å². The molecule has 0 fully saturated rings. The predicted molar refractivity (Wildman–Crippen MR) is 106 cm³/mol. The molecule has 2 aromatic carbocycles. The molecule has 0 atom stereocenters. The summed E-state index contributed by atoms with van der Waals surface area (Å²) in [6, 6.07) is 25.0. The second-order valence-corrected chi connectivity index (χ2v) is 6.49. The highest BCUT2D eigenvalue weighted by atomic mass is 15.0. The van der Waals surface area contributed by atoms with E-state index in [0.29, 0.717) is 0 Å². The number of nitrogens with zero attached hydrogens (tertiary/aromatic N) is 3. The van der Waals surface area contributed by atoms with Gasteiger partial charge in [-0.15, -0.1) is 0 Å². The van der Waals surface area contributed by atoms with Crippen LogP contribution in [0.15, 0.2) is 85.2 Å². The molecule has 5 aromatic rings. The molecule has 0 aliphatic rings. The number of hydrogen-bond donors (Lipinski definition) is 0. The highest BCUT2D eigenvalue weighted by molar-refractivity contribution is 6.04. The molecule has 0 unspecified atom stereocenters. The summed E-state index contributed by atoms with van der Waals surface area (Å²) in [5.41, 5.74) is 6.72. The van der Waals surface area contributed by atoms with Crippen LogP contribution in [0.3, 0.4) is 0 Å². The van der Waals surface area contributed by atoms with Crippen molar-refractivity contribution in [2.75, 3.05) is 0 Å². The zero-order valence-electron chi connectivity index (χ0n) is 14.4. The van der Waals surface area contributed by atoms with Gasteiger partial charge in [-0.1, -0.05) is 66.2 Å². The van der Waals surface area contributed by atoms with Crippen molar-refractivity contribution in [3.8, 4) is 22.5 Å². The standard InChI is InChI=1S/C23H17N3/c1-16-10-12-17(13-11-16)21-19-15-24-22(18-7-3-2-4-8-18)25-23(19)26-14-6-5-9-20(21)26/h2-15H,1H3. The van der Waals surface area contributed by atoms with Crippen LogP contribution in [0.4, 0.5) is 0 Å². The Hall–Kier alpha value is -3.46. The highest BCUT2D eigenvalue weighted by Gasteiger charge is 2.15. The van der Waals surface area contributed by atoms with E-state index >= 15 is 0 Å². The Balaban J connectivity index is 1.83. The van der Waals surface area contributed by atoms with Crippen molar-refractivity contribution in [3.63, 3.8) is 0 Å². The first kappa shape index (κ1) is 14.8. The van der Waals surface area contributed by atoms with Gasteiger partial charge in [-0.05, 0) is 24.6 Å². The molecule has 0 saturated heterocycles. The van der Waals surface area contributed by atoms with Crippen LogP contribution in [0.2, 0.25) is 0 Å². The van der Waals surface area contributed by atoms with E-state index in [1.165, 1.54) is 16.7 Å². The van der Waals surface area contributed by atoms with Crippen molar-refractivity contribution in [1.82, 2.24) is 14.4 Å². The van der Waals surface area contributed by atoms with Gasteiger partial charge in [0.05, 0.1) is 5.52 Å². The van der Waals surface area contributed by atoms with Gasteiger partial charge >= 0.3 is 0 Å². The fourth-order valence-electron chi connectivity index (χ4n) is 3.45. The van der Waals surface area contributed by atoms with E-state index in [1.807, 2.05) is 42.6 Å². The number of hydrogen-bond acceptors (Lipinski definition) is 2. The summed E-state index contributed by atoms with van der Waals surface area (Å²) in [7, 11) is 0. The molecule has 0 bridgehead atoms. The number of fused-ring (bicyclic) bond motifs is 3. The maximum Gasteiger partial charge on any atom is 0.161 e. The van der Waals surface area contributed by atoms with Gasteiger partial charge in [-0.3, -0.25) is 0 Å². The second kappa shape index (κ2) is 5.81. The van der Waals surface area contributed by atoms with Crippen molar-refractivity contribution in [2.45, 2.75) is 6.92 Å². The van der Waals surface area contributed by atoms with Gasteiger partial charge < -0.3 is 4.40 Å². The minimum atomic E-state index is 0.747. The van der Waals surface area contributed by atoms with Crippen LogP contribution in [0.5, 0.6) is 0 Å². The second-order valence-electron chi connectivity index (χ2n) is 6.49. The van der Waals surface area contributed by atoms with Crippen molar-refractivity contribution < 1.29 is 0 Å². The quantitative estimate of drug-likeness (QED) is 0.425. The third-order valence-corrected chi connectivity index (χ3v) is 4.75. The average Bonchev–Trinajstić information content (AvgIpc) is 3.03. The molecule has 0 amide bonds. The van der Waals surface area contributed by atoms with Crippen LogP contribution >= 0.6 is 0 Å². The molecule has 0 aliphatic carbocycles. The predicted octanol–water partition coefficient (Wildman–Crippen LogP) is 5.52. The molecule has 3 aromatic heterocycles. The van der Waals surface area contributed by atoms with Gasteiger partial charge in [-0.25, -0.2) is 9.97 Å². The lowest BCUT2D eigenvalue weighted by molar-refractivity contribution is 1.15. The highest BCUT2D eigenvalue weighted by Crippen LogP contribution is 2.35. The fourth-order valence-corrected chi connectivity index (χ4v) is 3.45. The summed E-state index contributed by atoms with van der Waals surface area (Å²) in [4.78, 5) is 9.54. The van der Waals surface area contributed by atoms with Crippen molar-refractivity contribution in [2.24, 2.45) is 0 Å². The van der Waals surface area contributed by atoms with Gasteiger partial charge in [0.25, 0.3) is 0 Å². The van der Waals surface area contributed by atoms with Gasteiger partial charge in [0.2, 0.25) is 0 Å². The van der Waals surface area contributed by atoms with E-state index in [-0.39, 0.29) is 0 Å². The molecular weight excluding hydrogens is 318 g/mol. The monoisotopic (exact) mass is 335 g/mol. The summed E-state index contributed by atoms with van der Waals surface area (Å²) in [6.45, 7) is 2.11. The summed E-state index contributed by atoms with van der Waals surface area (Å²) in [6.07, 6.45) is 4.02. The molecule has 26 heavy (non-hydrogen) atoms. The molecule has 0 radical (unpaired) electrons. The number of benzene rings is 2. The van der Waals surface area contributed by atoms with Crippen molar-refractivity contribution in [1.29, 1.82) is 0 Å². The lowest BCUT2D eigenvalue weighted by Gasteiger charge is -2.02. The van der Waals surface area contributed by atoms with E-state index in [2.05, 4.69) is 58.9 Å². The molecule has 124 valence electrons. The third kappa shape index (κ3) is 2.29. The van der Waals surface area contributed by atoms with E-state index in [1.54, 1.807) is 0 Å². The maximum atomic E-state index is 4.89. The Kier molecular flexibility index (Phi) is 3.32. The van der Waals surface area contributed by atoms with Crippen molar-refractivity contribution >= 4 is 16.6 Å². The first-order valence-electron chi connectivity index (χ1n) is 8.69. The SMILES string of the molecule is Cc1ccc(-c2c3cnc(-c4ccccc4)nc3n3ccccc23)cc1. The minimum absolute atomic E-state index is 0.747. The average molecular weight is 335 g/mol. The first-order chi connectivity index (χ1) is 12.8. The first-order valence-corrected chi connectivity index (χ1v) is 8.69. The van der Waals surface area contributed by atoms with Gasteiger partial charge in [0.1, 0.15) is 5.65 Å². The number of aromatic nitrogens is 3. The number of rotatable bonds is 2. The summed E-state index contributed by atoms with van der Waals surface area (Å²) < 4.78 is 2.15. The Labute approximate surface area is 151 Å². The van der Waals surface area contributed by atoms with E-state index in [9.17, 15) is 0 Å². The Morgan fingerprint density at radius 3 is 2.35 bits per heavy atom. The molecule has 3 nitrogen and oxygen atoms in total. The minimum Gasteiger partial charge on any atom is -0.301 e. The Morgan fingerprint density at radius 2 is 1.54 bits per heavy atom. The van der Waals surface area contributed by atoms with Crippen LogP contribution < -0.4 is 0 Å². The number of aryl methyl sites for hydroxylation is 1. The van der Waals surface area contributed by atoms with Crippen LogP contribution in [-0.4, -0.2) is 14.4 Å². The van der Waals surface area contributed by atoms with Gasteiger partial charge in [0.15, 0.2) is 5.82 Å². The zero-order valence-corrected chi connectivity index (χ0v) is 14.4. The molecule has 0 saturated carbocycles. The Morgan fingerprint density at radius 1 is 0.769 bits per heavy atom. The third-order valence-electron chi connectivity index (χ3n) is 4.75. The van der Waals surface area contributed by atoms with Crippen LogP contribution in [0.1, 0.15) is 5.56 Å². The molecule has 0 spiro atoms. The van der Waals surface area contributed by atoms with Crippen LogP contribution in [0, 0.1) is 6.92 Å². The Bertz CT molecular complexity index is 1220. The molecule has 3 heteroatoms. The molecule has 0 N–H and O–H groups in total. The van der Waals surface area contributed by atoms with Crippen LogP contribution in [0.25, 0.3) is 39.1 Å². The fraction of sp³-hybridized carbons (Fsp3) is 0.0435. The van der Waals surface area contributed by atoms with Crippen LogP contribution in [-0.2, 0) is 0 Å². The molecule has 5 rings (SSSR count). The molecule has 3 heterocycles. The summed E-state index contributed by atoms with van der Waals surface area (Å²) in [5.74, 6) is 0.747. The largest absolute Gasteiger partial charge is 0.301 e. The smallest absolute Gasteiger partial charge is 0.161 e. The number of pyridine rings is 1. The normalized spacial score (nSPS) is 11.3. The topological polar surface area (TPSA) is 30.2 Å². The summed E-state index contributed by atoms with van der Waals surface area (Å²) in [5, 5.41) is 1.07. The molecular formula is C23H17N3. The van der Waals surface area contributed by atoms with Crippen molar-refractivity contribution in [3.05, 3.63) is 90.8 Å². The van der Waals surface area contributed by atoms with Gasteiger partial charge in [0, 0.05) is 28.9 Å². The van der Waals surface area contributed by atoms with E-state index < -0.39 is 0 Å². The lowest BCUT2D eigenvalue weighted by Crippen LogP contribution is -1.91. The zero-order chi connectivity index (χ0) is 17.5. The maximum absolute atomic E-state index is 4.89. The molecule has 0 aliphatic heterocycles.